The number of halogens is 2. The second-order valence-corrected chi connectivity index (χ2v) is 10.4. The van der Waals surface area contributed by atoms with Crippen LogP contribution in [-0.2, 0) is 17.9 Å². The van der Waals surface area contributed by atoms with Crippen LogP contribution in [0.5, 0.6) is 0 Å². The van der Waals surface area contributed by atoms with E-state index in [2.05, 4.69) is 49.9 Å². The number of amides is 1. The molecule has 0 radical (unpaired) electrons. The van der Waals surface area contributed by atoms with E-state index in [9.17, 15) is 4.79 Å². The molecule has 208 valence electrons. The Morgan fingerprint density at radius 2 is 1.75 bits per heavy atom. The highest BCUT2D eigenvalue weighted by molar-refractivity contribution is 5.79. The zero-order valence-corrected chi connectivity index (χ0v) is 22.4. The van der Waals surface area contributed by atoms with Crippen molar-refractivity contribution in [3.63, 3.8) is 0 Å². The molecule has 0 unspecified atom stereocenters. The van der Waals surface area contributed by atoms with Gasteiger partial charge in [-0.3, -0.25) is 14.6 Å². The Labute approximate surface area is 231 Å². The van der Waals surface area contributed by atoms with Gasteiger partial charge in [0.05, 0.1) is 12.2 Å². The van der Waals surface area contributed by atoms with Gasteiger partial charge >= 0.3 is 0 Å². The third kappa shape index (κ3) is 5.67. The van der Waals surface area contributed by atoms with Crippen LogP contribution in [0.15, 0.2) is 48.8 Å². The van der Waals surface area contributed by atoms with Crippen LogP contribution in [0, 0.1) is 18.6 Å². The standard InChI is InChI=1S/C29H32F2N8O/c1-19-2-3-22(12-21(19)16-37-9-5-32-6-10-37)35-29-34-15-20-4-8-39(28(20)36-29)23-13-25(30)24(26(31)14-23)17-38-11-7-33-27(40)18-38/h2-4,8,12-15,32H,5-7,9-11,16-18H2,1H3,(H,33,40)(H,34,35,36). The lowest BCUT2D eigenvalue weighted by molar-refractivity contribution is -0.124. The summed E-state index contributed by atoms with van der Waals surface area (Å²) in [6, 6.07) is 10.6. The summed E-state index contributed by atoms with van der Waals surface area (Å²) in [7, 11) is 0. The number of aromatic nitrogens is 3. The van der Waals surface area contributed by atoms with E-state index in [1.807, 2.05) is 12.1 Å². The number of carbonyl (C=O) groups is 1. The van der Waals surface area contributed by atoms with Crippen molar-refractivity contribution < 1.29 is 13.6 Å². The third-order valence-corrected chi connectivity index (χ3v) is 7.54. The molecule has 11 heteroatoms. The van der Waals surface area contributed by atoms with E-state index >= 15 is 8.78 Å². The summed E-state index contributed by atoms with van der Waals surface area (Å²) in [5.41, 5.74) is 4.15. The summed E-state index contributed by atoms with van der Waals surface area (Å²) in [6.07, 6.45) is 3.42. The molecule has 6 rings (SSSR count). The Bertz CT molecular complexity index is 1530. The summed E-state index contributed by atoms with van der Waals surface area (Å²) >= 11 is 0. The van der Waals surface area contributed by atoms with E-state index in [-0.39, 0.29) is 24.6 Å². The summed E-state index contributed by atoms with van der Waals surface area (Å²) < 4.78 is 31.9. The molecular weight excluding hydrogens is 514 g/mol. The minimum Gasteiger partial charge on any atom is -0.354 e. The molecule has 40 heavy (non-hydrogen) atoms. The molecule has 4 heterocycles. The molecule has 0 saturated carbocycles. The lowest BCUT2D eigenvalue weighted by Crippen LogP contribution is -2.47. The van der Waals surface area contributed by atoms with Crippen LogP contribution in [-0.4, -0.2) is 76.1 Å². The maximum atomic E-state index is 15.1. The molecule has 2 aromatic carbocycles. The fraction of sp³-hybridized carbons (Fsp3) is 0.345. The monoisotopic (exact) mass is 546 g/mol. The van der Waals surface area contributed by atoms with Gasteiger partial charge in [0.2, 0.25) is 11.9 Å². The van der Waals surface area contributed by atoms with Gasteiger partial charge in [-0.1, -0.05) is 6.07 Å². The predicted molar refractivity (Wildman–Crippen MR) is 150 cm³/mol. The second kappa shape index (κ2) is 11.3. The number of hydrogen-bond donors (Lipinski definition) is 3. The maximum absolute atomic E-state index is 15.1. The number of carbonyl (C=O) groups excluding carboxylic acids is 1. The summed E-state index contributed by atoms with van der Waals surface area (Å²) in [4.78, 5) is 25.0. The van der Waals surface area contributed by atoms with Gasteiger partial charge < -0.3 is 20.5 Å². The lowest BCUT2D eigenvalue weighted by atomic mass is 10.1. The molecule has 0 aliphatic carbocycles. The summed E-state index contributed by atoms with van der Waals surface area (Å²) in [5, 5.41) is 10.2. The maximum Gasteiger partial charge on any atom is 0.234 e. The van der Waals surface area contributed by atoms with Crippen LogP contribution in [0.25, 0.3) is 16.7 Å². The number of rotatable bonds is 7. The molecular formula is C29H32F2N8O. The molecule has 2 aliphatic rings. The number of anilines is 2. The van der Waals surface area contributed by atoms with Crippen molar-refractivity contribution in [3.8, 4) is 5.69 Å². The van der Waals surface area contributed by atoms with Crippen molar-refractivity contribution >= 4 is 28.6 Å². The molecule has 2 fully saturated rings. The molecule has 2 aliphatic heterocycles. The number of fused-ring (bicyclic) bond motifs is 1. The molecule has 2 saturated heterocycles. The van der Waals surface area contributed by atoms with E-state index in [4.69, 9.17) is 0 Å². The van der Waals surface area contributed by atoms with Crippen molar-refractivity contribution in [1.82, 2.24) is 35.0 Å². The molecule has 0 spiro atoms. The zero-order valence-electron chi connectivity index (χ0n) is 22.4. The lowest BCUT2D eigenvalue weighted by Gasteiger charge is -2.28. The topological polar surface area (TPSA) is 90.4 Å². The average Bonchev–Trinajstić information content (AvgIpc) is 3.36. The van der Waals surface area contributed by atoms with E-state index in [0.29, 0.717) is 30.4 Å². The number of aryl methyl sites for hydroxylation is 1. The van der Waals surface area contributed by atoms with Gasteiger partial charge in [-0.2, -0.15) is 4.98 Å². The first-order valence-corrected chi connectivity index (χ1v) is 13.5. The van der Waals surface area contributed by atoms with Crippen LogP contribution < -0.4 is 16.0 Å². The molecule has 1 amide bonds. The van der Waals surface area contributed by atoms with E-state index in [1.54, 1.807) is 21.9 Å². The highest BCUT2D eigenvalue weighted by atomic mass is 19.1. The normalized spacial score (nSPS) is 16.8. The molecule has 4 aromatic rings. The first-order valence-electron chi connectivity index (χ1n) is 13.5. The van der Waals surface area contributed by atoms with E-state index < -0.39 is 11.6 Å². The molecule has 3 N–H and O–H groups in total. The second-order valence-electron chi connectivity index (χ2n) is 10.4. The van der Waals surface area contributed by atoms with Crippen LogP contribution >= 0.6 is 0 Å². The average molecular weight is 547 g/mol. The fourth-order valence-corrected chi connectivity index (χ4v) is 5.28. The van der Waals surface area contributed by atoms with Crippen molar-refractivity contribution in [2.45, 2.75) is 20.0 Å². The van der Waals surface area contributed by atoms with Gasteiger partial charge in [0.15, 0.2) is 0 Å². The minimum absolute atomic E-state index is 0.0290. The summed E-state index contributed by atoms with van der Waals surface area (Å²) in [5.74, 6) is -1.07. The smallest absolute Gasteiger partial charge is 0.234 e. The Kier molecular flexibility index (Phi) is 7.42. The molecule has 9 nitrogen and oxygen atoms in total. The quantitative estimate of drug-likeness (QED) is 0.328. The number of nitrogens with one attached hydrogen (secondary N) is 3. The summed E-state index contributed by atoms with van der Waals surface area (Å²) in [6.45, 7) is 8.18. The fourth-order valence-electron chi connectivity index (χ4n) is 5.28. The molecule has 0 bridgehead atoms. The van der Waals surface area contributed by atoms with Crippen molar-refractivity contribution in [2.75, 3.05) is 51.1 Å². The van der Waals surface area contributed by atoms with Gasteiger partial charge in [0, 0.05) is 81.4 Å². The number of benzene rings is 2. The Morgan fingerprint density at radius 1 is 0.975 bits per heavy atom. The van der Waals surface area contributed by atoms with E-state index in [0.717, 1.165) is 43.8 Å². The Balaban J connectivity index is 1.23. The molecule has 0 atom stereocenters. The van der Waals surface area contributed by atoms with Crippen LogP contribution in [0.4, 0.5) is 20.4 Å². The van der Waals surface area contributed by atoms with Gasteiger partial charge in [-0.25, -0.2) is 13.8 Å². The SMILES string of the molecule is Cc1ccc(Nc2ncc3ccn(-c4cc(F)c(CN5CCNC(=O)C5)c(F)c4)c3n2)cc1CN1CCNCC1. The van der Waals surface area contributed by atoms with Gasteiger partial charge in [0.25, 0.3) is 0 Å². The van der Waals surface area contributed by atoms with Crippen LogP contribution in [0.3, 0.4) is 0 Å². The minimum atomic E-state index is -0.660. The first kappa shape index (κ1) is 26.3. The zero-order chi connectivity index (χ0) is 27.6. The Hall–Kier alpha value is -3.93. The largest absolute Gasteiger partial charge is 0.354 e. The van der Waals surface area contributed by atoms with Crippen molar-refractivity contribution in [3.05, 3.63) is 77.1 Å². The third-order valence-electron chi connectivity index (χ3n) is 7.54. The number of nitrogens with zero attached hydrogens (tertiary/aromatic N) is 5. The highest BCUT2D eigenvalue weighted by Gasteiger charge is 2.21. The van der Waals surface area contributed by atoms with Gasteiger partial charge in [0.1, 0.15) is 17.3 Å². The molecule has 2 aromatic heterocycles. The highest BCUT2D eigenvalue weighted by Crippen LogP contribution is 2.26. The first-order chi connectivity index (χ1) is 19.4. The van der Waals surface area contributed by atoms with Crippen molar-refractivity contribution in [2.24, 2.45) is 0 Å². The predicted octanol–water partition coefficient (Wildman–Crippen LogP) is 3.09. The van der Waals surface area contributed by atoms with Crippen molar-refractivity contribution in [1.29, 1.82) is 0 Å². The van der Waals surface area contributed by atoms with Crippen LogP contribution in [0.1, 0.15) is 16.7 Å². The van der Waals surface area contributed by atoms with Crippen LogP contribution in [0.2, 0.25) is 0 Å². The van der Waals surface area contributed by atoms with Gasteiger partial charge in [-0.15, -0.1) is 0 Å². The number of hydrogen-bond acceptors (Lipinski definition) is 7. The van der Waals surface area contributed by atoms with Gasteiger partial charge in [-0.05, 0) is 48.4 Å². The van der Waals surface area contributed by atoms with E-state index in [1.165, 1.54) is 23.3 Å². The Morgan fingerprint density at radius 3 is 2.52 bits per heavy atom. The number of piperazine rings is 2.